The summed E-state index contributed by atoms with van der Waals surface area (Å²) in [7, 11) is 0. The minimum absolute atomic E-state index is 0.167. The number of benzene rings is 3. The number of hydrogen-bond acceptors (Lipinski definition) is 2. The van der Waals surface area contributed by atoms with E-state index in [1.807, 2.05) is 0 Å². The van der Waals surface area contributed by atoms with E-state index in [4.69, 9.17) is 4.74 Å². The molecule has 2 heteroatoms. The van der Waals surface area contributed by atoms with Crippen LogP contribution in [0.15, 0.2) is 72.8 Å². The minimum atomic E-state index is 0.167. The third kappa shape index (κ3) is 2.62. The van der Waals surface area contributed by atoms with Crippen molar-refractivity contribution in [3.8, 4) is 5.75 Å². The molecule has 0 N–H and O–H groups in total. The van der Waals surface area contributed by atoms with Crippen LogP contribution in [0.5, 0.6) is 5.75 Å². The van der Waals surface area contributed by atoms with Gasteiger partial charge in [0.2, 0.25) is 0 Å². The van der Waals surface area contributed by atoms with Gasteiger partial charge in [0.05, 0.1) is 6.04 Å². The molecule has 0 fully saturated rings. The summed E-state index contributed by atoms with van der Waals surface area (Å²) in [6.45, 7) is 4.36. The van der Waals surface area contributed by atoms with Gasteiger partial charge in [-0.1, -0.05) is 59.7 Å². The number of ether oxygens (including phenoxy) is 1. The first-order valence-electron chi connectivity index (χ1n) is 10.6. The summed E-state index contributed by atoms with van der Waals surface area (Å²) in [6, 6.07) is 22.7. The lowest BCUT2D eigenvalue weighted by atomic mass is 9.82. The third-order valence-electron chi connectivity index (χ3n) is 6.70. The highest BCUT2D eigenvalue weighted by molar-refractivity contribution is 5.76. The lowest BCUT2D eigenvalue weighted by Gasteiger charge is -2.41. The Kier molecular flexibility index (Phi) is 3.64. The van der Waals surface area contributed by atoms with Crippen molar-refractivity contribution < 1.29 is 4.74 Å². The highest BCUT2D eigenvalue weighted by Gasteiger charge is 2.39. The Hall–Kier alpha value is -3.00. The number of nitrogens with zero attached hydrogens (tertiary/aromatic N) is 1. The zero-order valence-corrected chi connectivity index (χ0v) is 16.9. The first-order valence-corrected chi connectivity index (χ1v) is 10.6. The molecule has 2 unspecified atom stereocenters. The van der Waals surface area contributed by atoms with E-state index in [1.165, 1.54) is 39.2 Å². The molecule has 6 rings (SSSR count). The average molecular weight is 380 g/mol. The average Bonchev–Trinajstić information content (AvgIpc) is 3.09. The third-order valence-corrected chi connectivity index (χ3v) is 6.70. The maximum Gasteiger partial charge on any atom is 0.124 e. The summed E-state index contributed by atoms with van der Waals surface area (Å²) in [5.74, 6) is 1.48. The Balaban J connectivity index is 1.44. The fourth-order valence-electron chi connectivity index (χ4n) is 5.35. The molecule has 0 bridgehead atoms. The summed E-state index contributed by atoms with van der Waals surface area (Å²) >= 11 is 0. The van der Waals surface area contributed by atoms with Crippen LogP contribution in [-0.2, 0) is 6.42 Å². The predicted octanol–water partition coefficient (Wildman–Crippen LogP) is 6.22. The molecule has 0 saturated heterocycles. The molecule has 0 saturated carbocycles. The highest BCUT2D eigenvalue weighted by Crippen LogP contribution is 2.48. The fourth-order valence-corrected chi connectivity index (χ4v) is 5.35. The van der Waals surface area contributed by atoms with Crippen molar-refractivity contribution in [2.45, 2.75) is 44.8 Å². The standard InChI is InChI=1S/C27H25NO/c1-17-7-10-25-20(13-17)15-19-5-3-4-6-24(19)28(25)21-9-12-27-23(16-21)22-14-18(2)8-11-26(22)29-27/h3-14,21,23,27H,15-16H2,1-2H3/t21?,23-,27?/m0/s1. The fraction of sp³-hybridized carbons (Fsp3) is 0.259. The van der Waals surface area contributed by atoms with Crippen molar-refractivity contribution in [2.75, 3.05) is 4.90 Å². The van der Waals surface area contributed by atoms with Crippen LogP contribution in [-0.4, -0.2) is 12.1 Å². The summed E-state index contributed by atoms with van der Waals surface area (Å²) in [5.41, 5.74) is 9.56. The second kappa shape index (κ2) is 6.25. The molecule has 0 spiro atoms. The van der Waals surface area contributed by atoms with Crippen molar-refractivity contribution in [1.29, 1.82) is 0 Å². The van der Waals surface area contributed by atoms with Gasteiger partial charge in [-0.15, -0.1) is 0 Å². The number of rotatable bonds is 1. The zero-order valence-electron chi connectivity index (χ0n) is 16.9. The molecule has 0 amide bonds. The Morgan fingerprint density at radius 3 is 2.55 bits per heavy atom. The Bertz CT molecular complexity index is 1150. The number of para-hydroxylation sites is 1. The Labute approximate surface area is 172 Å². The van der Waals surface area contributed by atoms with Crippen molar-refractivity contribution >= 4 is 11.4 Å². The normalized spacial score (nSPS) is 23.7. The van der Waals surface area contributed by atoms with Gasteiger partial charge in [0.15, 0.2) is 0 Å². The SMILES string of the molecule is Cc1ccc2c(c1)Cc1ccccc1N2C1C=CC2Oc3ccc(C)cc3[C@@H]2C1. The van der Waals surface area contributed by atoms with Crippen LogP contribution in [0.3, 0.4) is 0 Å². The van der Waals surface area contributed by atoms with Crippen molar-refractivity contribution in [2.24, 2.45) is 0 Å². The predicted molar refractivity (Wildman–Crippen MR) is 118 cm³/mol. The van der Waals surface area contributed by atoms with Gasteiger partial charge in [0.25, 0.3) is 0 Å². The van der Waals surface area contributed by atoms with Gasteiger partial charge in [-0.05, 0) is 55.7 Å². The van der Waals surface area contributed by atoms with E-state index in [1.54, 1.807) is 0 Å². The summed E-state index contributed by atoms with van der Waals surface area (Å²) in [5, 5.41) is 0. The number of aryl methyl sites for hydroxylation is 2. The number of hydrogen-bond donors (Lipinski definition) is 0. The molecule has 144 valence electrons. The van der Waals surface area contributed by atoms with Crippen LogP contribution >= 0.6 is 0 Å². The molecule has 3 aromatic carbocycles. The second-order valence-electron chi connectivity index (χ2n) is 8.73. The van der Waals surface area contributed by atoms with Crippen LogP contribution < -0.4 is 9.64 Å². The molecular formula is C27H25NO. The Morgan fingerprint density at radius 2 is 1.62 bits per heavy atom. The van der Waals surface area contributed by atoms with Crippen LogP contribution in [0.4, 0.5) is 11.4 Å². The van der Waals surface area contributed by atoms with Gasteiger partial charge in [-0.3, -0.25) is 0 Å². The van der Waals surface area contributed by atoms with E-state index in [2.05, 4.69) is 91.6 Å². The molecule has 2 nitrogen and oxygen atoms in total. The summed E-state index contributed by atoms with van der Waals surface area (Å²) < 4.78 is 6.25. The maximum atomic E-state index is 6.25. The van der Waals surface area contributed by atoms with Gasteiger partial charge in [0.1, 0.15) is 11.9 Å². The van der Waals surface area contributed by atoms with E-state index in [0.29, 0.717) is 12.0 Å². The van der Waals surface area contributed by atoms with Crippen LogP contribution in [0.2, 0.25) is 0 Å². The lowest BCUT2D eigenvalue weighted by molar-refractivity contribution is 0.240. The smallest absolute Gasteiger partial charge is 0.124 e. The molecule has 2 heterocycles. The molecule has 0 aromatic heterocycles. The van der Waals surface area contributed by atoms with Crippen molar-refractivity contribution in [3.05, 3.63) is 101 Å². The van der Waals surface area contributed by atoms with Crippen molar-refractivity contribution in [3.63, 3.8) is 0 Å². The van der Waals surface area contributed by atoms with Crippen LogP contribution in [0.1, 0.15) is 40.2 Å². The van der Waals surface area contributed by atoms with E-state index in [0.717, 1.165) is 18.6 Å². The molecular weight excluding hydrogens is 354 g/mol. The van der Waals surface area contributed by atoms with Gasteiger partial charge in [0, 0.05) is 29.3 Å². The second-order valence-corrected chi connectivity index (χ2v) is 8.73. The quantitative estimate of drug-likeness (QED) is 0.466. The largest absolute Gasteiger partial charge is 0.485 e. The molecule has 3 aliphatic rings. The monoisotopic (exact) mass is 379 g/mol. The van der Waals surface area contributed by atoms with Gasteiger partial charge in [-0.25, -0.2) is 0 Å². The van der Waals surface area contributed by atoms with E-state index >= 15 is 0 Å². The van der Waals surface area contributed by atoms with E-state index < -0.39 is 0 Å². The zero-order chi connectivity index (χ0) is 19.5. The van der Waals surface area contributed by atoms with Crippen LogP contribution in [0.25, 0.3) is 0 Å². The molecule has 3 atom stereocenters. The number of fused-ring (bicyclic) bond motifs is 5. The van der Waals surface area contributed by atoms with Gasteiger partial charge >= 0.3 is 0 Å². The molecule has 3 aromatic rings. The van der Waals surface area contributed by atoms with Crippen LogP contribution in [0, 0.1) is 13.8 Å². The van der Waals surface area contributed by atoms with E-state index in [9.17, 15) is 0 Å². The molecule has 1 aliphatic carbocycles. The van der Waals surface area contributed by atoms with Crippen molar-refractivity contribution in [1.82, 2.24) is 0 Å². The number of anilines is 2. The minimum Gasteiger partial charge on any atom is -0.485 e. The first kappa shape index (κ1) is 16.9. The summed E-state index contributed by atoms with van der Waals surface area (Å²) in [6.07, 6.45) is 6.90. The molecule has 29 heavy (non-hydrogen) atoms. The van der Waals surface area contributed by atoms with Gasteiger partial charge in [-0.2, -0.15) is 0 Å². The maximum absolute atomic E-state index is 6.25. The van der Waals surface area contributed by atoms with E-state index in [-0.39, 0.29) is 6.10 Å². The lowest BCUT2D eigenvalue weighted by Crippen LogP contribution is -2.38. The molecule has 0 radical (unpaired) electrons. The summed E-state index contributed by atoms with van der Waals surface area (Å²) in [4.78, 5) is 2.56. The molecule has 2 aliphatic heterocycles. The van der Waals surface area contributed by atoms with Gasteiger partial charge < -0.3 is 9.64 Å². The first-order chi connectivity index (χ1) is 14.2. The Morgan fingerprint density at radius 1 is 0.828 bits per heavy atom. The highest BCUT2D eigenvalue weighted by atomic mass is 16.5. The topological polar surface area (TPSA) is 12.5 Å².